The number of rotatable bonds is 4. The van der Waals surface area contributed by atoms with Crippen LogP contribution in [-0.2, 0) is 0 Å². The van der Waals surface area contributed by atoms with E-state index in [2.05, 4.69) is 62.1 Å². The van der Waals surface area contributed by atoms with Gasteiger partial charge in [-0.25, -0.2) is 0 Å². The molecule has 0 aromatic carbocycles. The van der Waals surface area contributed by atoms with Gasteiger partial charge < -0.3 is 0 Å². The summed E-state index contributed by atoms with van der Waals surface area (Å²) in [5.41, 5.74) is 0.728. The molecule has 2 unspecified atom stereocenters. The van der Waals surface area contributed by atoms with E-state index in [0.29, 0.717) is 6.04 Å². The zero-order valence-electron chi connectivity index (χ0n) is 9.17. The fourth-order valence-electron chi connectivity index (χ4n) is 1.22. The number of pyridine rings is 1. The van der Waals surface area contributed by atoms with Crippen LogP contribution in [0.3, 0.4) is 0 Å². The van der Waals surface area contributed by atoms with E-state index in [0.717, 1.165) is 21.1 Å². The second-order valence-corrected chi connectivity index (χ2v) is 5.33. The van der Waals surface area contributed by atoms with Crippen LogP contribution in [0.25, 0.3) is 0 Å². The molecule has 1 aromatic heterocycles. The van der Waals surface area contributed by atoms with Crippen molar-refractivity contribution in [2.24, 2.45) is 0 Å². The Labute approximate surface area is 113 Å². The summed E-state index contributed by atoms with van der Waals surface area (Å²) in [5, 5.41) is 12.4. The molecule has 0 aliphatic rings. The Morgan fingerprint density at radius 3 is 2.75 bits per heavy atom. The van der Waals surface area contributed by atoms with Gasteiger partial charge in [0.2, 0.25) is 0 Å². The molecule has 0 fully saturated rings. The Kier molecular flexibility index (Phi) is 5.39. The van der Waals surface area contributed by atoms with E-state index in [1.54, 1.807) is 6.20 Å². The molecule has 0 saturated carbocycles. The Morgan fingerprint density at radius 2 is 2.25 bits per heavy atom. The molecule has 0 saturated heterocycles. The molecule has 3 nitrogen and oxygen atoms in total. The molecular formula is C11H13Br2N3. The van der Waals surface area contributed by atoms with E-state index in [1.807, 2.05) is 6.07 Å². The molecule has 0 radical (unpaired) electrons. The van der Waals surface area contributed by atoms with Crippen molar-refractivity contribution in [3.05, 3.63) is 26.9 Å². The lowest BCUT2D eigenvalue weighted by atomic mass is 10.1. The molecule has 16 heavy (non-hydrogen) atoms. The first-order valence-electron chi connectivity index (χ1n) is 5.05. The maximum absolute atomic E-state index is 9.13. The van der Waals surface area contributed by atoms with Crippen molar-refractivity contribution < 1.29 is 0 Å². The highest BCUT2D eigenvalue weighted by atomic mass is 79.9. The SMILES string of the molecule is CCC(C)NC(C#N)c1ncc(Br)cc1Br. The summed E-state index contributed by atoms with van der Waals surface area (Å²) < 4.78 is 1.73. The van der Waals surface area contributed by atoms with E-state index in [9.17, 15) is 0 Å². The van der Waals surface area contributed by atoms with E-state index < -0.39 is 0 Å². The van der Waals surface area contributed by atoms with Crippen molar-refractivity contribution in [1.29, 1.82) is 5.26 Å². The number of aromatic nitrogens is 1. The van der Waals surface area contributed by atoms with E-state index in [4.69, 9.17) is 5.26 Å². The highest BCUT2D eigenvalue weighted by Crippen LogP contribution is 2.24. The van der Waals surface area contributed by atoms with Gasteiger partial charge in [-0.3, -0.25) is 10.3 Å². The minimum absolute atomic E-state index is 0.294. The summed E-state index contributed by atoms with van der Waals surface area (Å²) in [6, 6.07) is 4.03. The number of hydrogen-bond donors (Lipinski definition) is 1. The van der Waals surface area contributed by atoms with Gasteiger partial charge in [0, 0.05) is 21.2 Å². The predicted molar refractivity (Wildman–Crippen MR) is 70.9 cm³/mol. The van der Waals surface area contributed by atoms with E-state index in [1.165, 1.54) is 0 Å². The molecule has 0 amide bonds. The topological polar surface area (TPSA) is 48.7 Å². The van der Waals surface area contributed by atoms with Crippen LogP contribution in [0.15, 0.2) is 21.2 Å². The molecule has 0 aliphatic heterocycles. The van der Waals surface area contributed by atoms with Gasteiger partial charge >= 0.3 is 0 Å². The first-order valence-corrected chi connectivity index (χ1v) is 6.63. The van der Waals surface area contributed by atoms with Crippen molar-refractivity contribution in [3.63, 3.8) is 0 Å². The van der Waals surface area contributed by atoms with Crippen LogP contribution in [-0.4, -0.2) is 11.0 Å². The molecule has 86 valence electrons. The van der Waals surface area contributed by atoms with Crippen LogP contribution in [0.1, 0.15) is 32.0 Å². The average molecular weight is 347 g/mol. The molecule has 0 aliphatic carbocycles. The van der Waals surface area contributed by atoms with Gasteiger partial charge in [-0.2, -0.15) is 5.26 Å². The van der Waals surface area contributed by atoms with Crippen molar-refractivity contribution in [3.8, 4) is 6.07 Å². The maximum atomic E-state index is 9.13. The highest BCUT2D eigenvalue weighted by Gasteiger charge is 2.17. The summed E-state index contributed by atoms with van der Waals surface area (Å²) in [7, 11) is 0. The van der Waals surface area contributed by atoms with Gasteiger partial charge in [-0.05, 0) is 51.3 Å². The van der Waals surface area contributed by atoms with Gasteiger partial charge in [-0.15, -0.1) is 0 Å². The third kappa shape index (κ3) is 3.55. The summed E-state index contributed by atoms with van der Waals surface area (Å²) >= 11 is 6.75. The van der Waals surface area contributed by atoms with Gasteiger partial charge in [0.25, 0.3) is 0 Å². The van der Waals surface area contributed by atoms with Gasteiger partial charge in [0.05, 0.1) is 11.8 Å². The summed E-state index contributed by atoms with van der Waals surface area (Å²) in [6.07, 6.45) is 2.68. The number of nitrogens with one attached hydrogen (secondary N) is 1. The zero-order valence-corrected chi connectivity index (χ0v) is 12.3. The molecular weight excluding hydrogens is 334 g/mol. The molecule has 0 spiro atoms. The predicted octanol–water partition coefficient (Wildman–Crippen LogP) is 3.56. The minimum Gasteiger partial charge on any atom is -0.294 e. The molecule has 1 rings (SSSR count). The number of hydrogen-bond acceptors (Lipinski definition) is 3. The van der Waals surface area contributed by atoms with Crippen molar-refractivity contribution >= 4 is 31.9 Å². The van der Waals surface area contributed by atoms with E-state index >= 15 is 0 Å². The summed E-state index contributed by atoms with van der Waals surface area (Å²) in [5.74, 6) is 0. The Balaban J connectivity index is 2.92. The third-order valence-corrected chi connectivity index (χ3v) is 3.37. The lowest BCUT2D eigenvalue weighted by Gasteiger charge is -2.17. The molecule has 1 N–H and O–H groups in total. The smallest absolute Gasteiger partial charge is 0.139 e. The van der Waals surface area contributed by atoms with Crippen LogP contribution in [0.2, 0.25) is 0 Å². The molecule has 2 atom stereocenters. The van der Waals surface area contributed by atoms with Gasteiger partial charge in [-0.1, -0.05) is 6.92 Å². The second-order valence-electron chi connectivity index (χ2n) is 3.56. The lowest BCUT2D eigenvalue weighted by Crippen LogP contribution is -2.29. The lowest BCUT2D eigenvalue weighted by molar-refractivity contribution is 0.494. The van der Waals surface area contributed by atoms with Crippen LogP contribution < -0.4 is 5.32 Å². The maximum Gasteiger partial charge on any atom is 0.139 e. The molecule has 5 heteroatoms. The first kappa shape index (κ1) is 13.6. The number of nitriles is 1. The Bertz CT molecular complexity index is 401. The van der Waals surface area contributed by atoms with Crippen molar-refractivity contribution in [2.75, 3.05) is 0 Å². The van der Waals surface area contributed by atoms with Crippen molar-refractivity contribution in [2.45, 2.75) is 32.4 Å². The van der Waals surface area contributed by atoms with Crippen LogP contribution in [0.5, 0.6) is 0 Å². The van der Waals surface area contributed by atoms with Crippen molar-refractivity contribution in [1.82, 2.24) is 10.3 Å². The van der Waals surface area contributed by atoms with Crippen LogP contribution in [0.4, 0.5) is 0 Å². The average Bonchev–Trinajstić information content (AvgIpc) is 2.26. The van der Waals surface area contributed by atoms with Gasteiger partial charge in [0.1, 0.15) is 6.04 Å². The minimum atomic E-state index is -0.377. The standard InChI is InChI=1S/C11H13Br2N3/c1-3-7(2)16-10(5-14)11-9(13)4-8(12)6-15-11/h4,6-7,10,16H,3H2,1-2H3. The zero-order chi connectivity index (χ0) is 12.1. The first-order chi connectivity index (χ1) is 7.58. The largest absolute Gasteiger partial charge is 0.294 e. The van der Waals surface area contributed by atoms with Crippen LogP contribution >= 0.6 is 31.9 Å². The van der Waals surface area contributed by atoms with E-state index in [-0.39, 0.29) is 6.04 Å². The second kappa shape index (κ2) is 6.33. The fraction of sp³-hybridized carbons (Fsp3) is 0.455. The van der Waals surface area contributed by atoms with Gasteiger partial charge in [0.15, 0.2) is 0 Å². The quantitative estimate of drug-likeness (QED) is 0.906. The third-order valence-electron chi connectivity index (χ3n) is 2.30. The van der Waals surface area contributed by atoms with Crippen LogP contribution in [0, 0.1) is 11.3 Å². The Morgan fingerprint density at radius 1 is 1.56 bits per heavy atom. The molecule has 0 bridgehead atoms. The molecule has 1 aromatic rings. The monoisotopic (exact) mass is 345 g/mol. The normalized spacial score (nSPS) is 14.2. The number of halogens is 2. The number of nitrogens with zero attached hydrogens (tertiary/aromatic N) is 2. The summed E-state index contributed by atoms with van der Waals surface area (Å²) in [6.45, 7) is 4.13. The highest BCUT2D eigenvalue weighted by molar-refractivity contribution is 9.11. The summed E-state index contributed by atoms with van der Waals surface area (Å²) in [4.78, 5) is 4.26. The Hall–Kier alpha value is -0.440. The fourth-order valence-corrected chi connectivity index (χ4v) is 2.43. The molecule has 1 heterocycles.